The van der Waals surface area contributed by atoms with Gasteiger partial charge in [0, 0.05) is 23.7 Å². The molecule has 0 heterocycles. The van der Waals surface area contributed by atoms with Gasteiger partial charge >= 0.3 is 0 Å². The van der Waals surface area contributed by atoms with Crippen LogP contribution in [0.15, 0.2) is 24.8 Å². The number of methoxy groups -OCH3 is 2. The summed E-state index contributed by atoms with van der Waals surface area (Å²) in [6, 6.07) is 3.62. The fourth-order valence-corrected chi connectivity index (χ4v) is 3.31. The number of hydrogen-bond donors (Lipinski definition) is 2. The van der Waals surface area contributed by atoms with Gasteiger partial charge in [0.1, 0.15) is 11.5 Å². The van der Waals surface area contributed by atoms with Crippen molar-refractivity contribution in [3.05, 3.63) is 35.9 Å². The highest BCUT2D eigenvalue weighted by Crippen LogP contribution is 2.30. The Kier molecular flexibility index (Phi) is 7.06. The van der Waals surface area contributed by atoms with Crippen molar-refractivity contribution < 1.29 is 19.1 Å². The molecule has 142 valence electrons. The van der Waals surface area contributed by atoms with Crippen molar-refractivity contribution in [1.29, 1.82) is 0 Å². The summed E-state index contributed by atoms with van der Waals surface area (Å²) in [5, 5.41) is 5.94. The van der Waals surface area contributed by atoms with Crippen LogP contribution in [-0.2, 0) is 4.79 Å². The number of hydrogen-bond acceptors (Lipinski definition) is 4. The molecule has 0 aromatic heterocycles. The summed E-state index contributed by atoms with van der Waals surface area (Å²) in [5.41, 5.74) is 1.40. The molecule has 6 nitrogen and oxygen atoms in total. The molecule has 0 unspecified atom stereocenters. The molecule has 2 rings (SSSR count). The standard InChI is InChI=1S/C20H28N2O4/c1-5-19(23)21-12-14-6-8-16(9-7-14)22-20(24)15-10-17(25-3)13(2)18(11-15)26-4/h5,10-11,14,16H,1,6-9,12H2,2-4H3,(H,21,23)(H,22,24). The molecule has 1 saturated carbocycles. The molecule has 0 radical (unpaired) electrons. The number of carbonyl (C=O) groups is 2. The lowest BCUT2D eigenvalue weighted by Gasteiger charge is -2.29. The Balaban J connectivity index is 1.91. The maximum atomic E-state index is 12.6. The highest BCUT2D eigenvalue weighted by molar-refractivity contribution is 5.95. The van der Waals surface area contributed by atoms with E-state index >= 15 is 0 Å². The molecular weight excluding hydrogens is 332 g/mol. The molecule has 0 bridgehead atoms. The van der Waals surface area contributed by atoms with Crippen molar-refractivity contribution in [3.63, 3.8) is 0 Å². The van der Waals surface area contributed by atoms with Crippen LogP contribution in [0.4, 0.5) is 0 Å². The Labute approximate surface area is 154 Å². The first-order valence-electron chi connectivity index (χ1n) is 8.92. The summed E-state index contributed by atoms with van der Waals surface area (Å²) in [5.74, 6) is 1.46. The zero-order valence-electron chi connectivity index (χ0n) is 15.8. The van der Waals surface area contributed by atoms with Gasteiger partial charge in [-0.1, -0.05) is 6.58 Å². The normalized spacial score (nSPS) is 19.3. The first-order valence-corrected chi connectivity index (χ1v) is 8.92. The molecule has 6 heteroatoms. The maximum absolute atomic E-state index is 12.6. The first kappa shape index (κ1) is 19.8. The summed E-state index contributed by atoms with van der Waals surface area (Å²) >= 11 is 0. The van der Waals surface area contributed by atoms with E-state index in [9.17, 15) is 9.59 Å². The Morgan fingerprint density at radius 1 is 1.15 bits per heavy atom. The van der Waals surface area contributed by atoms with Crippen LogP contribution in [0.5, 0.6) is 11.5 Å². The minimum absolute atomic E-state index is 0.120. The van der Waals surface area contributed by atoms with Crippen LogP contribution in [0.3, 0.4) is 0 Å². The van der Waals surface area contributed by atoms with Gasteiger partial charge < -0.3 is 20.1 Å². The molecule has 1 aliphatic carbocycles. The summed E-state index contributed by atoms with van der Waals surface area (Å²) in [6.45, 7) is 6.01. The second kappa shape index (κ2) is 9.27. The zero-order valence-corrected chi connectivity index (χ0v) is 15.8. The zero-order chi connectivity index (χ0) is 19.1. The largest absolute Gasteiger partial charge is 0.496 e. The third kappa shape index (κ3) is 5.00. The summed E-state index contributed by atoms with van der Waals surface area (Å²) in [4.78, 5) is 23.8. The molecule has 0 aliphatic heterocycles. The minimum atomic E-state index is -0.136. The molecule has 1 aromatic carbocycles. The third-order valence-electron chi connectivity index (χ3n) is 4.95. The summed E-state index contributed by atoms with van der Waals surface area (Å²) in [7, 11) is 3.16. The van der Waals surface area contributed by atoms with Crippen LogP contribution in [0.2, 0.25) is 0 Å². The van der Waals surface area contributed by atoms with Gasteiger partial charge in [-0.2, -0.15) is 0 Å². The second-order valence-corrected chi connectivity index (χ2v) is 6.65. The topological polar surface area (TPSA) is 76.7 Å². The van der Waals surface area contributed by atoms with Crippen molar-refractivity contribution in [2.45, 2.75) is 38.6 Å². The maximum Gasteiger partial charge on any atom is 0.251 e. The highest BCUT2D eigenvalue weighted by Gasteiger charge is 2.23. The molecule has 0 spiro atoms. The predicted molar refractivity (Wildman–Crippen MR) is 101 cm³/mol. The molecule has 26 heavy (non-hydrogen) atoms. The number of benzene rings is 1. The SMILES string of the molecule is C=CC(=O)NCC1CCC(NC(=O)c2cc(OC)c(C)c(OC)c2)CC1. The van der Waals surface area contributed by atoms with Crippen molar-refractivity contribution in [2.75, 3.05) is 20.8 Å². The van der Waals surface area contributed by atoms with Crippen LogP contribution in [-0.4, -0.2) is 38.6 Å². The van der Waals surface area contributed by atoms with E-state index in [0.717, 1.165) is 31.2 Å². The van der Waals surface area contributed by atoms with E-state index < -0.39 is 0 Å². The monoisotopic (exact) mass is 360 g/mol. The average Bonchev–Trinajstić information content (AvgIpc) is 2.67. The number of amides is 2. The summed E-state index contributed by atoms with van der Waals surface area (Å²) < 4.78 is 10.7. The van der Waals surface area contributed by atoms with E-state index in [0.29, 0.717) is 29.5 Å². The minimum Gasteiger partial charge on any atom is -0.496 e. The Hall–Kier alpha value is -2.50. The van der Waals surface area contributed by atoms with Gasteiger partial charge in [-0.25, -0.2) is 0 Å². The van der Waals surface area contributed by atoms with Crippen LogP contribution in [0.1, 0.15) is 41.6 Å². The van der Waals surface area contributed by atoms with Crippen molar-refractivity contribution in [2.24, 2.45) is 5.92 Å². The predicted octanol–water partition coefficient (Wildman–Crippen LogP) is 2.60. The molecule has 1 aromatic rings. The number of rotatable bonds is 7. The van der Waals surface area contributed by atoms with E-state index in [1.54, 1.807) is 26.4 Å². The fourth-order valence-electron chi connectivity index (χ4n) is 3.31. The van der Waals surface area contributed by atoms with Gasteiger partial charge in [0.05, 0.1) is 14.2 Å². The van der Waals surface area contributed by atoms with Crippen molar-refractivity contribution in [3.8, 4) is 11.5 Å². The lowest BCUT2D eigenvalue weighted by atomic mass is 9.86. The summed E-state index contributed by atoms with van der Waals surface area (Å²) in [6.07, 6.45) is 5.04. The Morgan fingerprint density at radius 2 is 1.73 bits per heavy atom. The third-order valence-corrected chi connectivity index (χ3v) is 4.95. The van der Waals surface area contributed by atoms with Gasteiger partial charge in [0.2, 0.25) is 5.91 Å². The highest BCUT2D eigenvalue weighted by atomic mass is 16.5. The lowest BCUT2D eigenvalue weighted by molar-refractivity contribution is -0.116. The number of carbonyl (C=O) groups excluding carboxylic acids is 2. The molecular formula is C20H28N2O4. The number of nitrogens with one attached hydrogen (secondary N) is 2. The van der Waals surface area contributed by atoms with Crippen LogP contribution < -0.4 is 20.1 Å². The van der Waals surface area contributed by atoms with Gasteiger partial charge in [-0.3, -0.25) is 9.59 Å². The van der Waals surface area contributed by atoms with Gasteiger partial charge in [0.25, 0.3) is 5.91 Å². The molecule has 1 fully saturated rings. The lowest BCUT2D eigenvalue weighted by Crippen LogP contribution is -2.39. The van der Waals surface area contributed by atoms with Crippen LogP contribution >= 0.6 is 0 Å². The van der Waals surface area contributed by atoms with E-state index in [-0.39, 0.29) is 17.9 Å². The van der Waals surface area contributed by atoms with Crippen LogP contribution in [0, 0.1) is 12.8 Å². The number of ether oxygens (including phenoxy) is 2. The van der Waals surface area contributed by atoms with Crippen LogP contribution in [0.25, 0.3) is 0 Å². The first-order chi connectivity index (χ1) is 12.5. The van der Waals surface area contributed by atoms with Crippen molar-refractivity contribution in [1.82, 2.24) is 10.6 Å². The van der Waals surface area contributed by atoms with Gasteiger partial charge in [-0.05, 0) is 56.7 Å². The van der Waals surface area contributed by atoms with E-state index in [1.807, 2.05) is 6.92 Å². The molecule has 0 saturated heterocycles. The van der Waals surface area contributed by atoms with E-state index in [4.69, 9.17) is 9.47 Å². The molecule has 2 amide bonds. The average molecular weight is 360 g/mol. The van der Waals surface area contributed by atoms with E-state index in [2.05, 4.69) is 17.2 Å². The fraction of sp³-hybridized carbons (Fsp3) is 0.500. The molecule has 0 atom stereocenters. The van der Waals surface area contributed by atoms with E-state index in [1.165, 1.54) is 6.08 Å². The second-order valence-electron chi connectivity index (χ2n) is 6.65. The molecule has 1 aliphatic rings. The van der Waals surface area contributed by atoms with Gasteiger partial charge in [-0.15, -0.1) is 0 Å². The van der Waals surface area contributed by atoms with Crippen molar-refractivity contribution >= 4 is 11.8 Å². The molecule has 2 N–H and O–H groups in total. The Bertz CT molecular complexity index is 639. The van der Waals surface area contributed by atoms with Gasteiger partial charge in [0.15, 0.2) is 0 Å². The Morgan fingerprint density at radius 3 is 2.23 bits per heavy atom. The quantitative estimate of drug-likeness (QED) is 0.733. The smallest absolute Gasteiger partial charge is 0.251 e.